The minimum atomic E-state index is -0.600. The number of benzene rings is 3. The molecule has 0 radical (unpaired) electrons. The summed E-state index contributed by atoms with van der Waals surface area (Å²) in [5, 5.41) is 0.511. The van der Waals surface area contributed by atoms with Crippen molar-refractivity contribution in [2.45, 2.75) is 6.61 Å². The Balaban J connectivity index is 1.80. The minimum absolute atomic E-state index is 0.0282. The number of anilines is 1. The highest BCUT2D eigenvalue weighted by molar-refractivity contribution is 6.30. The maximum absolute atomic E-state index is 13.0. The number of nitrogens with zero attached hydrogens (tertiary/aromatic N) is 1. The van der Waals surface area contributed by atoms with E-state index in [9.17, 15) is 9.59 Å². The first-order valence-electron chi connectivity index (χ1n) is 8.93. The number of carbonyl (C=O) groups excluding carboxylic acids is 2. The topological polar surface area (TPSA) is 55.8 Å². The van der Waals surface area contributed by atoms with Crippen molar-refractivity contribution in [2.75, 3.05) is 19.1 Å². The van der Waals surface area contributed by atoms with E-state index in [0.29, 0.717) is 16.3 Å². The van der Waals surface area contributed by atoms with Gasteiger partial charge in [0.1, 0.15) is 12.4 Å². The van der Waals surface area contributed by atoms with E-state index in [1.807, 2.05) is 30.3 Å². The third-order valence-corrected chi connectivity index (χ3v) is 4.66. The molecule has 29 heavy (non-hydrogen) atoms. The fourth-order valence-corrected chi connectivity index (χ4v) is 3.07. The average molecular weight is 410 g/mol. The second-order valence-electron chi connectivity index (χ2n) is 6.28. The molecular formula is C23H20ClNO4. The van der Waals surface area contributed by atoms with Gasteiger partial charge in [0, 0.05) is 23.3 Å². The monoisotopic (exact) mass is 409 g/mol. The van der Waals surface area contributed by atoms with Crippen LogP contribution in [0, 0.1) is 0 Å². The van der Waals surface area contributed by atoms with Crippen LogP contribution >= 0.6 is 11.6 Å². The first-order valence-corrected chi connectivity index (χ1v) is 9.30. The molecule has 0 aliphatic carbocycles. The van der Waals surface area contributed by atoms with Gasteiger partial charge in [-0.15, -0.1) is 0 Å². The van der Waals surface area contributed by atoms with Crippen molar-refractivity contribution < 1.29 is 19.1 Å². The summed E-state index contributed by atoms with van der Waals surface area (Å²) in [7, 11) is 3.19. The minimum Gasteiger partial charge on any atom is -0.496 e. The maximum Gasteiger partial charge on any atom is 0.339 e. The molecule has 0 bridgehead atoms. The Bertz CT molecular complexity index is 1020. The molecule has 0 spiro atoms. The van der Waals surface area contributed by atoms with Crippen LogP contribution in [-0.4, -0.2) is 26.0 Å². The fraction of sp³-hybridized carbons (Fsp3) is 0.130. The third kappa shape index (κ3) is 4.76. The van der Waals surface area contributed by atoms with Gasteiger partial charge >= 0.3 is 5.97 Å². The number of methoxy groups -OCH3 is 1. The van der Waals surface area contributed by atoms with Crippen LogP contribution in [0.2, 0.25) is 5.02 Å². The zero-order valence-electron chi connectivity index (χ0n) is 16.1. The van der Waals surface area contributed by atoms with E-state index < -0.39 is 5.97 Å². The highest BCUT2D eigenvalue weighted by atomic mass is 35.5. The van der Waals surface area contributed by atoms with Crippen LogP contribution in [0.4, 0.5) is 5.69 Å². The van der Waals surface area contributed by atoms with Crippen LogP contribution in [-0.2, 0) is 11.3 Å². The van der Waals surface area contributed by atoms with Crippen LogP contribution in [0.15, 0.2) is 72.8 Å². The second-order valence-corrected chi connectivity index (χ2v) is 6.71. The van der Waals surface area contributed by atoms with Gasteiger partial charge in [0.25, 0.3) is 5.91 Å². The van der Waals surface area contributed by atoms with Gasteiger partial charge in [0.2, 0.25) is 0 Å². The van der Waals surface area contributed by atoms with Crippen LogP contribution in [0.3, 0.4) is 0 Å². The van der Waals surface area contributed by atoms with Gasteiger partial charge in [-0.1, -0.05) is 41.9 Å². The van der Waals surface area contributed by atoms with E-state index in [1.54, 1.807) is 49.5 Å². The van der Waals surface area contributed by atoms with Crippen LogP contribution < -0.4 is 9.64 Å². The summed E-state index contributed by atoms with van der Waals surface area (Å²) in [5.74, 6) is -0.336. The summed E-state index contributed by atoms with van der Waals surface area (Å²) in [4.78, 5) is 27.2. The standard InChI is InChI=1S/C23H20ClNO4/c1-25(18-8-4-3-5-9-18)22(26)19-10-6-7-11-20(19)23(27)29-15-16-14-17(24)12-13-21(16)28-2/h3-14H,15H2,1-2H3. The summed E-state index contributed by atoms with van der Waals surface area (Å²) in [6.45, 7) is -0.0282. The van der Waals surface area contributed by atoms with Crippen molar-refractivity contribution in [1.82, 2.24) is 0 Å². The van der Waals surface area contributed by atoms with E-state index in [1.165, 1.54) is 12.0 Å². The summed E-state index contributed by atoms with van der Waals surface area (Å²) in [6.07, 6.45) is 0. The zero-order valence-corrected chi connectivity index (χ0v) is 16.8. The van der Waals surface area contributed by atoms with Gasteiger partial charge in [-0.25, -0.2) is 4.79 Å². The number of halogens is 1. The largest absolute Gasteiger partial charge is 0.496 e. The molecule has 3 aromatic rings. The summed E-state index contributed by atoms with van der Waals surface area (Å²) in [5.41, 5.74) is 1.83. The number of hydrogen-bond donors (Lipinski definition) is 0. The molecule has 0 aromatic heterocycles. The molecule has 6 heteroatoms. The maximum atomic E-state index is 13.0. The van der Waals surface area contributed by atoms with E-state index in [0.717, 1.165) is 5.69 Å². The summed E-state index contributed by atoms with van der Waals surface area (Å²) in [6, 6.07) is 20.9. The number of esters is 1. The molecule has 0 N–H and O–H groups in total. The van der Waals surface area contributed by atoms with Gasteiger partial charge in [0.15, 0.2) is 0 Å². The predicted molar refractivity (Wildman–Crippen MR) is 113 cm³/mol. The lowest BCUT2D eigenvalue weighted by Gasteiger charge is -2.19. The van der Waals surface area contributed by atoms with Crippen LogP contribution in [0.1, 0.15) is 26.3 Å². The Morgan fingerprint density at radius 1 is 0.931 bits per heavy atom. The average Bonchev–Trinajstić information content (AvgIpc) is 2.77. The Morgan fingerprint density at radius 2 is 1.59 bits per heavy atom. The van der Waals surface area contributed by atoms with E-state index >= 15 is 0 Å². The van der Waals surface area contributed by atoms with Crippen molar-refractivity contribution in [3.63, 3.8) is 0 Å². The predicted octanol–water partition coefficient (Wildman–Crippen LogP) is 4.98. The quantitative estimate of drug-likeness (QED) is 0.538. The SMILES string of the molecule is COc1ccc(Cl)cc1COC(=O)c1ccccc1C(=O)N(C)c1ccccc1. The van der Waals surface area contributed by atoms with Crippen LogP contribution in [0.5, 0.6) is 5.75 Å². The first-order chi connectivity index (χ1) is 14.0. The number of carbonyl (C=O) groups is 2. The number of ether oxygens (including phenoxy) is 2. The number of hydrogen-bond acceptors (Lipinski definition) is 4. The molecule has 148 valence electrons. The van der Waals surface area contributed by atoms with Crippen LogP contribution in [0.25, 0.3) is 0 Å². The molecule has 0 aliphatic heterocycles. The lowest BCUT2D eigenvalue weighted by atomic mass is 10.1. The third-order valence-electron chi connectivity index (χ3n) is 4.43. The number of para-hydroxylation sites is 1. The smallest absolute Gasteiger partial charge is 0.339 e. The van der Waals surface area contributed by atoms with E-state index in [2.05, 4.69) is 0 Å². The molecule has 0 unspecified atom stereocenters. The normalized spacial score (nSPS) is 10.3. The van der Waals surface area contributed by atoms with Gasteiger partial charge in [-0.3, -0.25) is 4.79 Å². The van der Waals surface area contributed by atoms with Gasteiger partial charge < -0.3 is 14.4 Å². The molecule has 5 nitrogen and oxygen atoms in total. The number of amides is 1. The molecule has 0 aliphatic rings. The summed E-state index contributed by atoms with van der Waals surface area (Å²) < 4.78 is 10.7. The van der Waals surface area contributed by atoms with E-state index in [4.69, 9.17) is 21.1 Å². The second kappa shape index (κ2) is 9.26. The van der Waals surface area contributed by atoms with Crippen molar-refractivity contribution in [1.29, 1.82) is 0 Å². The molecule has 0 fully saturated rings. The number of rotatable bonds is 6. The van der Waals surface area contributed by atoms with Gasteiger partial charge in [0.05, 0.1) is 18.2 Å². The lowest BCUT2D eigenvalue weighted by molar-refractivity contribution is 0.0467. The highest BCUT2D eigenvalue weighted by Gasteiger charge is 2.21. The Kier molecular flexibility index (Phi) is 6.52. The lowest BCUT2D eigenvalue weighted by Crippen LogP contribution is -2.28. The van der Waals surface area contributed by atoms with E-state index in [-0.39, 0.29) is 23.6 Å². The Labute approximate surface area is 174 Å². The Hall–Kier alpha value is -3.31. The van der Waals surface area contributed by atoms with Crippen molar-refractivity contribution in [3.05, 3.63) is 94.5 Å². The molecule has 1 amide bonds. The zero-order chi connectivity index (χ0) is 20.8. The molecule has 0 atom stereocenters. The molecule has 0 saturated carbocycles. The molecule has 3 aromatic carbocycles. The van der Waals surface area contributed by atoms with Crippen molar-refractivity contribution in [3.8, 4) is 5.75 Å². The fourth-order valence-electron chi connectivity index (χ4n) is 2.88. The molecule has 3 rings (SSSR count). The molecule has 0 heterocycles. The van der Waals surface area contributed by atoms with Gasteiger partial charge in [-0.2, -0.15) is 0 Å². The Morgan fingerprint density at radius 3 is 2.28 bits per heavy atom. The van der Waals surface area contributed by atoms with Crippen molar-refractivity contribution in [2.24, 2.45) is 0 Å². The van der Waals surface area contributed by atoms with Crippen molar-refractivity contribution >= 4 is 29.2 Å². The molecule has 0 saturated heterocycles. The highest BCUT2D eigenvalue weighted by Crippen LogP contribution is 2.24. The van der Waals surface area contributed by atoms with Gasteiger partial charge in [-0.05, 0) is 42.5 Å². The molecular weight excluding hydrogens is 390 g/mol. The summed E-state index contributed by atoms with van der Waals surface area (Å²) >= 11 is 6.02. The first kappa shape index (κ1) is 20.4.